The number of hydrogen-bond donors (Lipinski definition) is 2. The standard InChI is InChI=1S/C19H20F3NO4/c1-26-15-9-8-13(10-16(15)27-2)11-17(24)23-12-18(25,19(20,21)22)14-6-4-3-5-7-14/h3-10,25H,11-12H2,1-2H3,(H,23,24). The zero-order valence-corrected chi connectivity index (χ0v) is 14.8. The van der Waals surface area contributed by atoms with E-state index >= 15 is 0 Å². The van der Waals surface area contributed by atoms with E-state index in [9.17, 15) is 23.1 Å². The smallest absolute Gasteiger partial charge is 0.423 e. The Kier molecular flexibility index (Phi) is 6.32. The van der Waals surface area contributed by atoms with Crippen molar-refractivity contribution in [2.75, 3.05) is 20.8 Å². The molecule has 0 aliphatic carbocycles. The molecule has 146 valence electrons. The molecule has 2 aromatic carbocycles. The minimum atomic E-state index is -4.95. The first kappa shape index (κ1) is 20.6. The van der Waals surface area contributed by atoms with Crippen LogP contribution in [-0.2, 0) is 16.8 Å². The van der Waals surface area contributed by atoms with Gasteiger partial charge in [-0.1, -0.05) is 36.4 Å². The van der Waals surface area contributed by atoms with Crippen molar-refractivity contribution in [3.05, 3.63) is 59.7 Å². The van der Waals surface area contributed by atoms with E-state index in [0.717, 1.165) is 12.1 Å². The average Bonchev–Trinajstić information content (AvgIpc) is 2.65. The molecular weight excluding hydrogens is 363 g/mol. The largest absolute Gasteiger partial charge is 0.493 e. The number of hydrogen-bond acceptors (Lipinski definition) is 4. The third kappa shape index (κ3) is 4.71. The molecule has 0 spiro atoms. The van der Waals surface area contributed by atoms with Crippen LogP contribution >= 0.6 is 0 Å². The summed E-state index contributed by atoms with van der Waals surface area (Å²) in [5, 5.41) is 12.4. The second-order valence-electron chi connectivity index (χ2n) is 5.87. The van der Waals surface area contributed by atoms with Gasteiger partial charge in [0.25, 0.3) is 0 Å². The molecule has 1 amide bonds. The number of methoxy groups -OCH3 is 2. The Bertz CT molecular complexity index is 780. The van der Waals surface area contributed by atoms with E-state index in [1.54, 1.807) is 18.2 Å². The molecule has 2 aromatic rings. The highest BCUT2D eigenvalue weighted by atomic mass is 19.4. The molecule has 0 heterocycles. The zero-order chi connectivity index (χ0) is 20.1. The molecule has 0 radical (unpaired) electrons. The van der Waals surface area contributed by atoms with E-state index in [-0.39, 0.29) is 12.0 Å². The fourth-order valence-electron chi connectivity index (χ4n) is 2.54. The van der Waals surface area contributed by atoms with Gasteiger partial charge in [-0.2, -0.15) is 13.2 Å². The molecule has 2 N–H and O–H groups in total. The Morgan fingerprint density at radius 3 is 2.22 bits per heavy atom. The van der Waals surface area contributed by atoms with Crippen LogP contribution in [0.15, 0.2) is 48.5 Å². The van der Waals surface area contributed by atoms with E-state index in [1.807, 2.05) is 0 Å². The molecular formula is C19H20F3NO4. The van der Waals surface area contributed by atoms with Gasteiger partial charge < -0.3 is 19.9 Å². The van der Waals surface area contributed by atoms with Crippen molar-refractivity contribution in [2.45, 2.75) is 18.2 Å². The Labute approximate surface area is 154 Å². The minimum Gasteiger partial charge on any atom is -0.493 e. The quantitative estimate of drug-likeness (QED) is 0.772. The Balaban J connectivity index is 2.11. The maximum Gasteiger partial charge on any atom is 0.423 e. The summed E-state index contributed by atoms with van der Waals surface area (Å²) in [6, 6.07) is 11.4. The Morgan fingerprint density at radius 2 is 1.67 bits per heavy atom. The lowest BCUT2D eigenvalue weighted by Crippen LogP contribution is -2.51. The molecule has 1 atom stereocenters. The van der Waals surface area contributed by atoms with E-state index in [1.165, 1.54) is 32.4 Å². The predicted molar refractivity (Wildman–Crippen MR) is 92.7 cm³/mol. The highest BCUT2D eigenvalue weighted by Crippen LogP contribution is 2.38. The summed E-state index contributed by atoms with van der Waals surface area (Å²) in [7, 11) is 2.90. The maximum atomic E-state index is 13.4. The normalized spacial score (nSPS) is 13.6. The summed E-state index contributed by atoms with van der Waals surface area (Å²) in [5.41, 5.74) is -2.99. The fraction of sp³-hybridized carbons (Fsp3) is 0.316. The number of carbonyl (C=O) groups is 1. The third-order valence-corrected chi connectivity index (χ3v) is 4.07. The number of nitrogens with one attached hydrogen (secondary N) is 1. The van der Waals surface area contributed by atoms with E-state index < -0.39 is 24.2 Å². The van der Waals surface area contributed by atoms with Gasteiger partial charge in [0.1, 0.15) is 0 Å². The third-order valence-electron chi connectivity index (χ3n) is 4.07. The number of ether oxygens (including phenoxy) is 2. The van der Waals surface area contributed by atoms with Gasteiger partial charge in [0.2, 0.25) is 11.5 Å². The number of halogens is 3. The minimum absolute atomic E-state index is 0.177. The van der Waals surface area contributed by atoms with Crippen molar-refractivity contribution in [1.82, 2.24) is 5.32 Å². The van der Waals surface area contributed by atoms with Crippen LogP contribution < -0.4 is 14.8 Å². The molecule has 0 saturated heterocycles. The van der Waals surface area contributed by atoms with Gasteiger partial charge in [-0.15, -0.1) is 0 Å². The van der Waals surface area contributed by atoms with Crippen LogP contribution in [0.3, 0.4) is 0 Å². The topological polar surface area (TPSA) is 67.8 Å². The van der Waals surface area contributed by atoms with Gasteiger partial charge in [-0.05, 0) is 23.3 Å². The van der Waals surface area contributed by atoms with Crippen LogP contribution in [0.25, 0.3) is 0 Å². The first-order valence-electron chi connectivity index (χ1n) is 8.03. The molecule has 0 aliphatic rings. The molecule has 0 fully saturated rings. The zero-order valence-electron chi connectivity index (χ0n) is 14.8. The summed E-state index contributed by atoms with van der Waals surface area (Å²) >= 11 is 0. The number of amides is 1. The van der Waals surface area contributed by atoms with Crippen molar-refractivity contribution in [3.8, 4) is 11.5 Å². The first-order chi connectivity index (χ1) is 12.7. The van der Waals surface area contributed by atoms with Crippen LogP contribution in [0.4, 0.5) is 13.2 Å². The first-order valence-corrected chi connectivity index (χ1v) is 8.03. The number of aliphatic hydroxyl groups is 1. The fourth-order valence-corrected chi connectivity index (χ4v) is 2.54. The van der Waals surface area contributed by atoms with Crippen LogP contribution in [0, 0.1) is 0 Å². The second kappa shape index (κ2) is 8.30. The lowest BCUT2D eigenvalue weighted by atomic mass is 9.93. The predicted octanol–water partition coefficient (Wildman–Crippen LogP) is 2.81. The molecule has 2 rings (SSSR count). The maximum absolute atomic E-state index is 13.4. The molecule has 0 aliphatic heterocycles. The molecule has 27 heavy (non-hydrogen) atoms. The van der Waals surface area contributed by atoms with Crippen molar-refractivity contribution in [3.63, 3.8) is 0 Å². The summed E-state index contributed by atoms with van der Waals surface area (Å²) in [4.78, 5) is 12.1. The SMILES string of the molecule is COc1ccc(CC(=O)NCC(O)(c2ccccc2)C(F)(F)F)cc1OC. The van der Waals surface area contributed by atoms with Crippen molar-refractivity contribution >= 4 is 5.91 Å². The lowest BCUT2D eigenvalue weighted by molar-refractivity contribution is -0.264. The van der Waals surface area contributed by atoms with E-state index in [4.69, 9.17) is 9.47 Å². The number of benzene rings is 2. The summed E-state index contributed by atoms with van der Waals surface area (Å²) in [6.07, 6.45) is -5.13. The average molecular weight is 383 g/mol. The second-order valence-corrected chi connectivity index (χ2v) is 5.87. The molecule has 0 bridgehead atoms. The van der Waals surface area contributed by atoms with Gasteiger partial charge in [-0.25, -0.2) is 0 Å². The van der Waals surface area contributed by atoms with Gasteiger partial charge in [-0.3, -0.25) is 4.79 Å². The number of carbonyl (C=O) groups excluding carboxylic acids is 1. The Hall–Kier alpha value is -2.74. The number of rotatable bonds is 7. The van der Waals surface area contributed by atoms with E-state index in [0.29, 0.717) is 17.1 Å². The van der Waals surface area contributed by atoms with Crippen molar-refractivity contribution in [1.29, 1.82) is 0 Å². The molecule has 8 heteroatoms. The molecule has 0 saturated carbocycles. The van der Waals surface area contributed by atoms with Crippen LogP contribution in [0.5, 0.6) is 11.5 Å². The highest BCUT2D eigenvalue weighted by molar-refractivity contribution is 5.79. The van der Waals surface area contributed by atoms with Crippen molar-refractivity contribution in [2.24, 2.45) is 0 Å². The monoisotopic (exact) mass is 383 g/mol. The molecule has 1 unspecified atom stereocenters. The van der Waals surface area contributed by atoms with Gasteiger partial charge in [0.05, 0.1) is 27.2 Å². The van der Waals surface area contributed by atoms with Crippen LogP contribution in [0.2, 0.25) is 0 Å². The molecule has 0 aromatic heterocycles. The van der Waals surface area contributed by atoms with Crippen molar-refractivity contribution < 1.29 is 32.5 Å². The lowest BCUT2D eigenvalue weighted by Gasteiger charge is -2.31. The highest BCUT2D eigenvalue weighted by Gasteiger charge is 2.55. The summed E-state index contributed by atoms with van der Waals surface area (Å²) in [6.45, 7) is -0.993. The van der Waals surface area contributed by atoms with Gasteiger partial charge >= 0.3 is 6.18 Å². The summed E-state index contributed by atoms with van der Waals surface area (Å²) < 4.78 is 50.5. The van der Waals surface area contributed by atoms with Crippen LogP contribution in [-0.4, -0.2) is 38.0 Å². The van der Waals surface area contributed by atoms with Gasteiger partial charge in [0.15, 0.2) is 11.5 Å². The molecule has 5 nitrogen and oxygen atoms in total. The summed E-state index contributed by atoms with van der Waals surface area (Å²) in [5.74, 6) is 0.205. The van der Waals surface area contributed by atoms with Crippen LogP contribution in [0.1, 0.15) is 11.1 Å². The number of alkyl halides is 3. The van der Waals surface area contributed by atoms with E-state index in [2.05, 4.69) is 5.32 Å². The van der Waals surface area contributed by atoms with Gasteiger partial charge in [0, 0.05) is 0 Å². The Morgan fingerprint density at radius 1 is 1.04 bits per heavy atom.